The van der Waals surface area contributed by atoms with Gasteiger partial charge in [-0.05, 0) is 18.6 Å². The number of nitrogens with two attached hydrogens (primary N) is 1. The van der Waals surface area contributed by atoms with Gasteiger partial charge in [-0.15, -0.1) is 12.3 Å². The van der Waals surface area contributed by atoms with Crippen molar-refractivity contribution in [3.8, 4) is 12.3 Å². The van der Waals surface area contributed by atoms with Gasteiger partial charge >= 0.3 is 0 Å². The summed E-state index contributed by atoms with van der Waals surface area (Å²) in [7, 11) is -4.32. The van der Waals surface area contributed by atoms with Gasteiger partial charge in [-0.1, -0.05) is 6.92 Å². The zero-order valence-corrected chi connectivity index (χ0v) is 11.1. The van der Waals surface area contributed by atoms with E-state index in [1.165, 1.54) is 0 Å². The zero-order valence-electron chi connectivity index (χ0n) is 10.3. The van der Waals surface area contributed by atoms with Crippen molar-refractivity contribution in [1.29, 1.82) is 0 Å². The minimum Gasteiger partial charge on any atom is -0.399 e. The normalized spacial score (nSPS) is 12.9. The van der Waals surface area contributed by atoms with E-state index in [0.717, 1.165) is 12.1 Å². The van der Waals surface area contributed by atoms with Crippen LogP contribution >= 0.6 is 0 Å². The molecule has 0 aliphatic heterocycles. The van der Waals surface area contributed by atoms with Gasteiger partial charge in [0.05, 0.1) is 0 Å². The van der Waals surface area contributed by atoms with Gasteiger partial charge in [-0.3, -0.25) is 0 Å². The maximum absolute atomic E-state index is 13.6. The number of halogens is 2. The highest BCUT2D eigenvalue weighted by Crippen LogP contribution is 2.22. The number of anilines is 1. The van der Waals surface area contributed by atoms with Crippen molar-refractivity contribution in [2.24, 2.45) is 0 Å². The minimum absolute atomic E-state index is 0.133. The third-order valence-electron chi connectivity index (χ3n) is 2.47. The summed E-state index contributed by atoms with van der Waals surface area (Å²) in [6.07, 6.45) is 5.63. The highest BCUT2D eigenvalue weighted by atomic mass is 32.2. The number of nitrogen functional groups attached to an aromatic ring is 1. The molecular weight excluding hydrogens is 274 g/mol. The van der Waals surface area contributed by atoms with E-state index in [0.29, 0.717) is 6.42 Å². The smallest absolute Gasteiger partial charge is 0.246 e. The highest BCUT2D eigenvalue weighted by molar-refractivity contribution is 7.89. The Bertz CT molecular complexity index is 586. The van der Waals surface area contributed by atoms with Crippen LogP contribution in [0.2, 0.25) is 0 Å². The molecule has 0 bridgehead atoms. The van der Waals surface area contributed by atoms with Crippen LogP contribution in [0.5, 0.6) is 0 Å². The predicted molar refractivity (Wildman–Crippen MR) is 68.6 cm³/mol. The van der Waals surface area contributed by atoms with Crippen LogP contribution in [0.4, 0.5) is 14.5 Å². The van der Waals surface area contributed by atoms with Crippen LogP contribution in [-0.4, -0.2) is 14.5 Å². The summed E-state index contributed by atoms with van der Waals surface area (Å²) in [5.41, 5.74) is 5.03. The molecule has 0 aliphatic carbocycles. The molecule has 0 heterocycles. The van der Waals surface area contributed by atoms with Gasteiger partial charge in [-0.2, -0.15) is 0 Å². The number of terminal acetylenes is 1. The summed E-state index contributed by atoms with van der Waals surface area (Å²) in [6.45, 7) is 1.71. The van der Waals surface area contributed by atoms with Crippen molar-refractivity contribution in [2.45, 2.75) is 30.7 Å². The maximum Gasteiger partial charge on any atom is 0.246 e. The molecule has 1 aromatic rings. The second-order valence-electron chi connectivity index (χ2n) is 3.95. The molecule has 0 aliphatic rings. The molecule has 1 aromatic carbocycles. The van der Waals surface area contributed by atoms with Gasteiger partial charge in [-0.25, -0.2) is 21.9 Å². The fourth-order valence-corrected chi connectivity index (χ4v) is 2.96. The van der Waals surface area contributed by atoms with E-state index in [-0.39, 0.29) is 12.1 Å². The zero-order chi connectivity index (χ0) is 14.6. The molecule has 0 fully saturated rings. The van der Waals surface area contributed by atoms with E-state index in [1.807, 2.05) is 0 Å². The number of hydrogen-bond donors (Lipinski definition) is 2. The highest BCUT2D eigenvalue weighted by Gasteiger charge is 2.26. The standard InChI is InChI=1S/C12H14F2N2O2S/c1-3-5-9(4-2)16-19(17,18)12-10(13)6-8(15)7-11(12)14/h1,6-7,9,16H,4-5,15H2,2H3. The first kappa shape index (κ1) is 15.4. The lowest BCUT2D eigenvalue weighted by molar-refractivity contribution is 0.503. The van der Waals surface area contributed by atoms with Crippen molar-refractivity contribution in [3.05, 3.63) is 23.8 Å². The summed E-state index contributed by atoms with van der Waals surface area (Å²) in [6, 6.07) is 0.922. The Morgan fingerprint density at radius 3 is 2.37 bits per heavy atom. The first-order valence-corrected chi connectivity index (χ1v) is 7.00. The first-order chi connectivity index (χ1) is 8.81. The average Bonchev–Trinajstić information content (AvgIpc) is 2.25. The molecule has 1 rings (SSSR count). The molecule has 19 heavy (non-hydrogen) atoms. The maximum atomic E-state index is 13.6. The summed E-state index contributed by atoms with van der Waals surface area (Å²) in [5, 5.41) is 0. The summed E-state index contributed by atoms with van der Waals surface area (Å²) in [4.78, 5) is -1.04. The molecule has 0 saturated carbocycles. The SMILES string of the molecule is C#CCC(CC)NS(=O)(=O)c1c(F)cc(N)cc1F. The first-order valence-electron chi connectivity index (χ1n) is 5.52. The molecule has 4 nitrogen and oxygen atoms in total. The summed E-state index contributed by atoms with van der Waals surface area (Å²) >= 11 is 0. The van der Waals surface area contributed by atoms with Crippen LogP contribution in [0.3, 0.4) is 0 Å². The molecule has 0 aromatic heterocycles. The van der Waals surface area contributed by atoms with Crippen molar-refractivity contribution >= 4 is 15.7 Å². The van der Waals surface area contributed by atoms with Crippen LogP contribution in [0, 0.1) is 24.0 Å². The Hall–Kier alpha value is -1.65. The molecule has 3 N–H and O–H groups in total. The Kier molecular flexibility index (Phi) is 4.86. The van der Waals surface area contributed by atoms with Gasteiger partial charge in [0.1, 0.15) is 11.6 Å². The largest absolute Gasteiger partial charge is 0.399 e. The van der Waals surface area contributed by atoms with Gasteiger partial charge in [0, 0.05) is 18.2 Å². The quantitative estimate of drug-likeness (QED) is 0.639. The molecule has 1 atom stereocenters. The molecule has 0 radical (unpaired) electrons. The Balaban J connectivity index is 3.18. The topological polar surface area (TPSA) is 72.2 Å². The second kappa shape index (κ2) is 5.99. The number of benzene rings is 1. The minimum atomic E-state index is -4.32. The molecule has 7 heteroatoms. The van der Waals surface area contributed by atoms with E-state index in [2.05, 4.69) is 10.6 Å². The molecule has 0 saturated heterocycles. The van der Waals surface area contributed by atoms with Gasteiger partial charge in [0.2, 0.25) is 10.0 Å². The molecular formula is C12H14F2N2O2S. The van der Waals surface area contributed by atoms with Crippen LogP contribution in [-0.2, 0) is 10.0 Å². The molecule has 0 amide bonds. The van der Waals surface area contributed by atoms with E-state index in [4.69, 9.17) is 12.2 Å². The van der Waals surface area contributed by atoms with Gasteiger partial charge in [0.25, 0.3) is 0 Å². The monoisotopic (exact) mass is 288 g/mol. The van der Waals surface area contributed by atoms with Crippen LogP contribution in [0.15, 0.2) is 17.0 Å². The van der Waals surface area contributed by atoms with Crippen molar-refractivity contribution < 1.29 is 17.2 Å². The van der Waals surface area contributed by atoms with E-state index in [1.54, 1.807) is 6.92 Å². The third-order valence-corrected chi connectivity index (χ3v) is 4.04. The van der Waals surface area contributed by atoms with Crippen LogP contribution in [0.1, 0.15) is 19.8 Å². The molecule has 0 spiro atoms. The fourth-order valence-electron chi connectivity index (χ4n) is 1.53. The Morgan fingerprint density at radius 1 is 1.42 bits per heavy atom. The number of rotatable bonds is 5. The Labute approximate surface area is 111 Å². The molecule has 104 valence electrons. The average molecular weight is 288 g/mol. The lowest BCUT2D eigenvalue weighted by Crippen LogP contribution is -2.35. The van der Waals surface area contributed by atoms with Crippen molar-refractivity contribution in [1.82, 2.24) is 4.72 Å². The van der Waals surface area contributed by atoms with E-state index in [9.17, 15) is 17.2 Å². The van der Waals surface area contributed by atoms with E-state index >= 15 is 0 Å². The number of sulfonamides is 1. The lowest BCUT2D eigenvalue weighted by Gasteiger charge is -2.15. The number of nitrogens with one attached hydrogen (secondary N) is 1. The summed E-state index contributed by atoms with van der Waals surface area (Å²) < 4.78 is 53.2. The van der Waals surface area contributed by atoms with Crippen molar-refractivity contribution in [2.75, 3.05) is 5.73 Å². The third kappa shape index (κ3) is 3.66. The van der Waals surface area contributed by atoms with Crippen LogP contribution < -0.4 is 10.5 Å². The predicted octanol–water partition coefficient (Wildman–Crippen LogP) is 1.63. The van der Waals surface area contributed by atoms with Crippen LogP contribution in [0.25, 0.3) is 0 Å². The van der Waals surface area contributed by atoms with E-state index < -0.39 is 32.6 Å². The van der Waals surface area contributed by atoms with Gasteiger partial charge < -0.3 is 5.73 Å². The second-order valence-corrected chi connectivity index (χ2v) is 5.60. The number of hydrogen-bond acceptors (Lipinski definition) is 3. The lowest BCUT2D eigenvalue weighted by atomic mass is 10.2. The van der Waals surface area contributed by atoms with Gasteiger partial charge in [0.15, 0.2) is 4.90 Å². The fraction of sp³-hybridized carbons (Fsp3) is 0.333. The summed E-state index contributed by atoms with van der Waals surface area (Å²) in [5.74, 6) is -0.175. The Morgan fingerprint density at radius 2 is 1.95 bits per heavy atom. The van der Waals surface area contributed by atoms with Crippen molar-refractivity contribution in [3.63, 3.8) is 0 Å². The molecule has 1 unspecified atom stereocenters.